The summed E-state index contributed by atoms with van der Waals surface area (Å²) < 4.78 is 0. The second kappa shape index (κ2) is 5.37. The molecule has 0 aromatic carbocycles. The number of hydrogen-bond donors (Lipinski definition) is 2. The van der Waals surface area contributed by atoms with Crippen molar-refractivity contribution in [3.05, 3.63) is 16.1 Å². The molecule has 0 saturated heterocycles. The van der Waals surface area contributed by atoms with Crippen LogP contribution in [0, 0.1) is 11.8 Å². The van der Waals surface area contributed by atoms with Crippen LogP contribution in [0.2, 0.25) is 10.0 Å². The monoisotopic (exact) mass is 299 g/mol. The Balaban J connectivity index is 1.80. The van der Waals surface area contributed by atoms with E-state index in [0.29, 0.717) is 21.9 Å². The summed E-state index contributed by atoms with van der Waals surface area (Å²) >= 11 is 12.4. The predicted molar refractivity (Wildman–Crippen MR) is 81.3 cm³/mol. The maximum atomic E-state index is 6.26. The zero-order chi connectivity index (χ0) is 13.4. The van der Waals surface area contributed by atoms with Crippen molar-refractivity contribution in [2.45, 2.75) is 38.6 Å². The Bertz CT molecular complexity index is 458. The summed E-state index contributed by atoms with van der Waals surface area (Å²) in [5.41, 5.74) is 0. The number of anilines is 2. The van der Waals surface area contributed by atoms with Gasteiger partial charge in [0.2, 0.25) is 0 Å². The molecule has 0 amide bonds. The molecule has 2 fully saturated rings. The van der Waals surface area contributed by atoms with Crippen LogP contribution >= 0.6 is 23.2 Å². The zero-order valence-electron chi connectivity index (χ0n) is 11.0. The number of pyridine rings is 1. The fraction of sp³-hybridized carbons (Fsp3) is 0.643. The number of halogens is 2. The lowest BCUT2D eigenvalue weighted by Gasteiger charge is -2.20. The molecule has 0 unspecified atom stereocenters. The fourth-order valence-corrected chi connectivity index (χ4v) is 3.03. The molecule has 19 heavy (non-hydrogen) atoms. The van der Waals surface area contributed by atoms with E-state index in [0.717, 1.165) is 24.2 Å². The Morgan fingerprint density at radius 1 is 1.16 bits per heavy atom. The summed E-state index contributed by atoms with van der Waals surface area (Å²) in [4.78, 5) is 4.54. The van der Waals surface area contributed by atoms with E-state index in [4.69, 9.17) is 23.2 Å². The highest BCUT2D eigenvalue weighted by molar-refractivity contribution is 6.37. The second-order valence-corrected chi connectivity index (χ2v) is 6.34. The minimum absolute atomic E-state index is 0.542. The molecule has 2 saturated carbocycles. The molecule has 5 heteroatoms. The summed E-state index contributed by atoms with van der Waals surface area (Å²) in [6.07, 6.45) is 5.33. The van der Waals surface area contributed by atoms with Crippen molar-refractivity contribution in [1.82, 2.24) is 4.98 Å². The molecule has 3 nitrogen and oxygen atoms in total. The SMILES string of the molecule is CCNc1nc(NC(C2CC2)C2CC2)c(Cl)cc1Cl. The van der Waals surface area contributed by atoms with Crippen LogP contribution < -0.4 is 10.6 Å². The number of nitrogens with zero attached hydrogens (tertiary/aromatic N) is 1. The minimum atomic E-state index is 0.542. The van der Waals surface area contributed by atoms with Gasteiger partial charge in [-0.2, -0.15) is 0 Å². The van der Waals surface area contributed by atoms with Gasteiger partial charge in [-0.05, 0) is 50.5 Å². The molecule has 2 aliphatic carbocycles. The third-order valence-electron chi connectivity index (χ3n) is 3.84. The van der Waals surface area contributed by atoms with E-state index >= 15 is 0 Å². The summed E-state index contributed by atoms with van der Waals surface area (Å²) in [7, 11) is 0. The maximum absolute atomic E-state index is 6.26. The van der Waals surface area contributed by atoms with Gasteiger partial charge in [-0.1, -0.05) is 23.2 Å². The Kier molecular flexibility index (Phi) is 3.77. The molecule has 1 aromatic rings. The van der Waals surface area contributed by atoms with Crippen molar-refractivity contribution in [3.63, 3.8) is 0 Å². The quantitative estimate of drug-likeness (QED) is 0.816. The molecule has 0 radical (unpaired) electrons. The fourth-order valence-electron chi connectivity index (χ4n) is 2.55. The highest BCUT2D eigenvalue weighted by Crippen LogP contribution is 2.46. The molecule has 0 atom stereocenters. The summed E-state index contributed by atoms with van der Waals surface area (Å²) in [5, 5.41) is 7.91. The van der Waals surface area contributed by atoms with Crippen LogP contribution in [0.5, 0.6) is 0 Å². The van der Waals surface area contributed by atoms with E-state index in [-0.39, 0.29) is 0 Å². The van der Waals surface area contributed by atoms with Gasteiger partial charge in [0.1, 0.15) is 11.6 Å². The van der Waals surface area contributed by atoms with E-state index in [1.807, 2.05) is 6.92 Å². The first kappa shape index (κ1) is 13.3. The highest BCUT2D eigenvalue weighted by Gasteiger charge is 2.41. The molecule has 1 heterocycles. The number of nitrogens with one attached hydrogen (secondary N) is 2. The third kappa shape index (κ3) is 3.09. The van der Waals surface area contributed by atoms with Gasteiger partial charge in [0.05, 0.1) is 10.0 Å². The van der Waals surface area contributed by atoms with Gasteiger partial charge in [0, 0.05) is 12.6 Å². The van der Waals surface area contributed by atoms with Crippen LogP contribution in [0.3, 0.4) is 0 Å². The molecule has 1 aromatic heterocycles. The van der Waals surface area contributed by atoms with E-state index in [9.17, 15) is 0 Å². The Morgan fingerprint density at radius 3 is 2.26 bits per heavy atom. The lowest BCUT2D eigenvalue weighted by Crippen LogP contribution is -2.25. The van der Waals surface area contributed by atoms with Crippen LogP contribution in [-0.2, 0) is 0 Å². The number of hydrogen-bond acceptors (Lipinski definition) is 3. The standard InChI is InChI=1S/C14H19Cl2N3/c1-2-17-13-10(15)7-11(16)14(19-13)18-12(8-3-4-8)9-5-6-9/h7-9,12H,2-6H2,1H3,(H2,17,18,19). The van der Waals surface area contributed by atoms with E-state index in [1.165, 1.54) is 25.7 Å². The minimum Gasteiger partial charge on any atom is -0.369 e. The van der Waals surface area contributed by atoms with Gasteiger partial charge in [-0.15, -0.1) is 0 Å². The van der Waals surface area contributed by atoms with Crippen molar-refractivity contribution in [2.75, 3.05) is 17.2 Å². The second-order valence-electron chi connectivity index (χ2n) is 5.52. The van der Waals surface area contributed by atoms with Gasteiger partial charge in [-0.25, -0.2) is 4.98 Å². The van der Waals surface area contributed by atoms with E-state index in [2.05, 4.69) is 15.6 Å². The highest BCUT2D eigenvalue weighted by atomic mass is 35.5. The average Bonchev–Trinajstić information content (AvgIpc) is 3.25. The molecule has 0 aliphatic heterocycles. The first-order chi connectivity index (χ1) is 9.19. The van der Waals surface area contributed by atoms with Crippen LogP contribution in [0.25, 0.3) is 0 Å². The normalized spacial score (nSPS) is 18.7. The van der Waals surface area contributed by atoms with Crippen LogP contribution in [-0.4, -0.2) is 17.6 Å². The van der Waals surface area contributed by atoms with Gasteiger partial charge in [0.25, 0.3) is 0 Å². The lowest BCUT2D eigenvalue weighted by atomic mass is 10.1. The van der Waals surface area contributed by atoms with Crippen molar-refractivity contribution in [1.29, 1.82) is 0 Å². The first-order valence-corrected chi connectivity index (χ1v) is 7.81. The van der Waals surface area contributed by atoms with Crippen LogP contribution in [0.15, 0.2) is 6.07 Å². The van der Waals surface area contributed by atoms with Crippen molar-refractivity contribution in [2.24, 2.45) is 11.8 Å². The van der Waals surface area contributed by atoms with Gasteiger partial charge in [0.15, 0.2) is 0 Å². The zero-order valence-corrected chi connectivity index (χ0v) is 12.6. The Hall–Kier alpha value is -0.670. The number of rotatable bonds is 6. The Labute approximate surface area is 124 Å². The van der Waals surface area contributed by atoms with Crippen molar-refractivity contribution < 1.29 is 0 Å². The van der Waals surface area contributed by atoms with Gasteiger partial charge in [-0.3, -0.25) is 0 Å². The molecule has 0 bridgehead atoms. The maximum Gasteiger partial charge on any atom is 0.147 e. The summed E-state index contributed by atoms with van der Waals surface area (Å²) in [5.74, 6) is 3.10. The smallest absolute Gasteiger partial charge is 0.147 e. The summed E-state index contributed by atoms with van der Waals surface area (Å²) in [6, 6.07) is 2.31. The first-order valence-electron chi connectivity index (χ1n) is 7.05. The van der Waals surface area contributed by atoms with Gasteiger partial charge >= 0.3 is 0 Å². The molecule has 104 valence electrons. The third-order valence-corrected chi connectivity index (χ3v) is 4.41. The largest absolute Gasteiger partial charge is 0.369 e. The lowest BCUT2D eigenvalue weighted by molar-refractivity contribution is 0.566. The van der Waals surface area contributed by atoms with Gasteiger partial charge < -0.3 is 10.6 Å². The topological polar surface area (TPSA) is 37.0 Å². The summed E-state index contributed by atoms with van der Waals surface area (Å²) in [6.45, 7) is 2.82. The Morgan fingerprint density at radius 2 is 1.74 bits per heavy atom. The van der Waals surface area contributed by atoms with Crippen molar-refractivity contribution >= 4 is 34.8 Å². The van der Waals surface area contributed by atoms with Crippen LogP contribution in [0.1, 0.15) is 32.6 Å². The van der Waals surface area contributed by atoms with Crippen molar-refractivity contribution in [3.8, 4) is 0 Å². The molecular formula is C14H19Cl2N3. The van der Waals surface area contributed by atoms with E-state index in [1.54, 1.807) is 6.07 Å². The molecule has 3 rings (SSSR count). The van der Waals surface area contributed by atoms with Crippen LogP contribution in [0.4, 0.5) is 11.6 Å². The predicted octanol–water partition coefficient (Wildman–Crippen LogP) is 4.42. The average molecular weight is 300 g/mol. The molecule has 2 N–H and O–H groups in total. The molecule has 2 aliphatic rings. The molecular weight excluding hydrogens is 281 g/mol. The molecule has 0 spiro atoms. The number of aromatic nitrogens is 1. The van der Waals surface area contributed by atoms with E-state index < -0.39 is 0 Å².